The van der Waals surface area contributed by atoms with Crippen LogP contribution in [0.5, 0.6) is 0 Å². The first kappa shape index (κ1) is 24.1. The molecule has 0 N–H and O–H groups in total. The van der Waals surface area contributed by atoms with Gasteiger partial charge in [0.1, 0.15) is 12.4 Å². The van der Waals surface area contributed by atoms with Crippen molar-refractivity contribution in [2.45, 2.75) is 31.7 Å². The minimum Gasteiger partial charge on any atom is -0.379 e. The average molecular weight is 499 g/mol. The van der Waals surface area contributed by atoms with Gasteiger partial charge in [-0.3, -0.25) is 14.5 Å². The molecule has 3 aliphatic rings. The fraction of sp³-hybridized carbons (Fsp3) is 0.500. The molecule has 0 spiro atoms. The first-order chi connectivity index (χ1) is 17.1. The van der Waals surface area contributed by atoms with Crippen molar-refractivity contribution in [3.05, 3.63) is 58.0 Å². The van der Waals surface area contributed by atoms with Gasteiger partial charge in [-0.15, -0.1) is 11.3 Å². The first-order valence-corrected chi connectivity index (χ1v) is 13.2. The Balaban J connectivity index is 1.35. The van der Waals surface area contributed by atoms with Gasteiger partial charge in [0.2, 0.25) is 5.91 Å². The Labute approximate surface area is 209 Å². The lowest BCUT2D eigenvalue weighted by molar-refractivity contribution is -0.145. The quantitative estimate of drug-likeness (QED) is 0.559. The minimum absolute atomic E-state index is 0.00128. The van der Waals surface area contributed by atoms with Gasteiger partial charge < -0.3 is 9.64 Å². The highest BCUT2D eigenvalue weighted by Crippen LogP contribution is 2.35. The Morgan fingerprint density at radius 3 is 2.63 bits per heavy atom. The Bertz CT molecular complexity index is 1070. The molecule has 35 heavy (non-hydrogen) atoms. The lowest BCUT2D eigenvalue weighted by Crippen LogP contribution is -2.49. The van der Waals surface area contributed by atoms with Gasteiger partial charge in [-0.25, -0.2) is 9.40 Å². The summed E-state index contributed by atoms with van der Waals surface area (Å²) in [7, 11) is 0. The zero-order valence-electron chi connectivity index (χ0n) is 19.8. The van der Waals surface area contributed by atoms with E-state index in [2.05, 4.69) is 10.0 Å². The van der Waals surface area contributed by atoms with Crippen LogP contribution < -0.4 is 0 Å². The van der Waals surface area contributed by atoms with E-state index >= 15 is 0 Å². The highest BCUT2D eigenvalue weighted by Gasteiger charge is 2.37. The van der Waals surface area contributed by atoms with Gasteiger partial charge in [0, 0.05) is 44.1 Å². The van der Waals surface area contributed by atoms with Crippen LogP contribution in [0.3, 0.4) is 0 Å². The Morgan fingerprint density at radius 1 is 1.14 bits per heavy atom. The molecule has 1 atom stereocenters. The molecular formula is C26H31FN4O3S. The Kier molecular flexibility index (Phi) is 7.55. The summed E-state index contributed by atoms with van der Waals surface area (Å²) in [6.07, 6.45) is 3.25. The van der Waals surface area contributed by atoms with Crippen LogP contribution in [0.2, 0.25) is 0 Å². The summed E-state index contributed by atoms with van der Waals surface area (Å²) in [4.78, 5) is 31.8. The Morgan fingerprint density at radius 2 is 1.94 bits per heavy atom. The maximum absolute atomic E-state index is 14.8. The number of hydrogen-bond donors (Lipinski definition) is 0. The number of carbonyl (C=O) groups excluding carboxylic acids is 2. The molecule has 186 valence electrons. The number of amides is 2. The van der Waals surface area contributed by atoms with E-state index in [1.807, 2.05) is 17.5 Å². The van der Waals surface area contributed by atoms with Gasteiger partial charge in [0.15, 0.2) is 0 Å². The summed E-state index contributed by atoms with van der Waals surface area (Å²) in [5.41, 5.74) is 1.22. The van der Waals surface area contributed by atoms with Gasteiger partial charge in [-0.1, -0.05) is 30.7 Å². The number of hydrogen-bond acceptors (Lipinski definition) is 6. The molecule has 1 unspecified atom stereocenters. The van der Waals surface area contributed by atoms with Gasteiger partial charge in [0.25, 0.3) is 5.91 Å². The van der Waals surface area contributed by atoms with E-state index in [0.717, 1.165) is 42.9 Å². The largest absolute Gasteiger partial charge is 0.379 e. The van der Waals surface area contributed by atoms with Gasteiger partial charge in [0.05, 0.1) is 29.8 Å². The fourth-order valence-corrected chi connectivity index (χ4v) is 5.54. The third-order valence-electron chi connectivity index (χ3n) is 7.12. The maximum Gasteiger partial charge on any atom is 0.262 e. The number of hydrazone groups is 1. The zero-order chi connectivity index (χ0) is 24.2. The average Bonchev–Trinajstić information content (AvgIpc) is 3.52. The number of thiophene rings is 1. The van der Waals surface area contributed by atoms with Crippen LogP contribution in [-0.4, -0.2) is 78.3 Å². The molecule has 2 fully saturated rings. The molecule has 1 aliphatic carbocycles. The van der Waals surface area contributed by atoms with Gasteiger partial charge >= 0.3 is 0 Å². The molecule has 2 amide bonds. The predicted octanol–water partition coefficient (Wildman–Crippen LogP) is 3.53. The lowest BCUT2D eigenvalue weighted by atomic mass is 9.84. The van der Waals surface area contributed by atoms with E-state index in [0.29, 0.717) is 38.3 Å². The van der Waals surface area contributed by atoms with E-state index in [-0.39, 0.29) is 30.1 Å². The monoisotopic (exact) mass is 498 g/mol. The molecule has 1 aromatic heterocycles. The number of carbonyl (C=O) groups is 2. The second-order valence-electron chi connectivity index (χ2n) is 9.35. The third kappa shape index (κ3) is 5.47. The van der Waals surface area contributed by atoms with Crippen LogP contribution in [0.4, 0.5) is 4.39 Å². The summed E-state index contributed by atoms with van der Waals surface area (Å²) in [5.74, 6) is -0.590. The Hall–Kier alpha value is -2.62. The van der Waals surface area contributed by atoms with Crippen LogP contribution in [0, 0.1) is 11.7 Å². The van der Waals surface area contributed by atoms with Crippen LogP contribution in [0.25, 0.3) is 0 Å². The molecule has 3 heterocycles. The zero-order valence-corrected chi connectivity index (χ0v) is 20.6. The number of morpholine rings is 1. The normalized spacial score (nSPS) is 21.0. The third-order valence-corrected chi connectivity index (χ3v) is 8.04. The molecular weight excluding hydrogens is 467 g/mol. The molecule has 9 heteroatoms. The van der Waals surface area contributed by atoms with Crippen molar-refractivity contribution >= 4 is 28.9 Å². The summed E-state index contributed by atoms with van der Waals surface area (Å²) in [6, 6.07) is 9.92. The van der Waals surface area contributed by atoms with Crippen molar-refractivity contribution in [2.75, 3.05) is 45.9 Å². The number of benzene rings is 1. The smallest absolute Gasteiger partial charge is 0.262 e. The molecule has 2 aliphatic heterocycles. The SMILES string of the molecule is O=C(C1CCC1)N(CCN1CCOCC1)CC(=O)N1N=C(c2cccs2)CC1c1ccccc1F. The van der Waals surface area contributed by atoms with E-state index < -0.39 is 6.04 Å². The molecule has 1 saturated carbocycles. The molecule has 5 rings (SSSR count). The number of ether oxygens (including phenoxy) is 1. The van der Waals surface area contributed by atoms with Crippen LogP contribution in [0.15, 0.2) is 46.9 Å². The number of halogens is 1. The number of rotatable bonds is 8. The molecule has 1 aromatic carbocycles. The minimum atomic E-state index is -0.527. The van der Waals surface area contributed by atoms with Crippen LogP contribution in [-0.2, 0) is 14.3 Å². The van der Waals surface area contributed by atoms with Gasteiger partial charge in [-0.2, -0.15) is 5.10 Å². The van der Waals surface area contributed by atoms with Crippen molar-refractivity contribution in [3.8, 4) is 0 Å². The van der Waals surface area contributed by atoms with Crippen LogP contribution >= 0.6 is 11.3 Å². The van der Waals surface area contributed by atoms with E-state index in [4.69, 9.17) is 4.74 Å². The summed E-state index contributed by atoms with van der Waals surface area (Å²) >= 11 is 1.55. The van der Waals surface area contributed by atoms with E-state index in [1.165, 1.54) is 11.1 Å². The van der Waals surface area contributed by atoms with E-state index in [9.17, 15) is 14.0 Å². The molecule has 0 bridgehead atoms. The van der Waals surface area contributed by atoms with Crippen LogP contribution in [0.1, 0.15) is 42.2 Å². The summed E-state index contributed by atoms with van der Waals surface area (Å²) in [6.45, 7) is 4.18. The second-order valence-corrected chi connectivity index (χ2v) is 10.3. The van der Waals surface area contributed by atoms with E-state index in [1.54, 1.807) is 34.4 Å². The summed E-state index contributed by atoms with van der Waals surface area (Å²) in [5, 5.41) is 8.02. The molecule has 0 radical (unpaired) electrons. The topological polar surface area (TPSA) is 65.5 Å². The molecule has 1 saturated heterocycles. The summed E-state index contributed by atoms with van der Waals surface area (Å²) < 4.78 is 20.2. The predicted molar refractivity (Wildman–Crippen MR) is 133 cm³/mol. The van der Waals surface area contributed by atoms with Crippen molar-refractivity contribution in [3.63, 3.8) is 0 Å². The highest BCUT2D eigenvalue weighted by molar-refractivity contribution is 7.12. The standard InChI is InChI=1S/C26H31FN4O3S/c27-21-8-2-1-7-20(21)23-17-22(24-9-4-16-35-24)28-31(23)25(32)18-30(26(33)19-5-3-6-19)11-10-29-12-14-34-15-13-29/h1-2,4,7-9,16,19,23H,3,5-6,10-15,17-18H2. The highest BCUT2D eigenvalue weighted by atomic mass is 32.1. The van der Waals surface area contributed by atoms with Gasteiger partial charge in [-0.05, 0) is 30.4 Å². The second kappa shape index (κ2) is 11.0. The lowest BCUT2D eigenvalue weighted by Gasteiger charge is -2.34. The van der Waals surface area contributed by atoms with Crippen molar-refractivity contribution in [1.82, 2.24) is 14.8 Å². The van der Waals surface area contributed by atoms with Crippen molar-refractivity contribution in [2.24, 2.45) is 11.0 Å². The maximum atomic E-state index is 14.8. The number of nitrogens with zero attached hydrogens (tertiary/aromatic N) is 4. The first-order valence-electron chi connectivity index (χ1n) is 12.4. The fourth-order valence-electron chi connectivity index (χ4n) is 4.82. The molecule has 7 nitrogen and oxygen atoms in total. The molecule has 2 aromatic rings. The van der Waals surface area contributed by atoms with Crippen molar-refractivity contribution < 1.29 is 18.7 Å². The van der Waals surface area contributed by atoms with Crippen molar-refractivity contribution in [1.29, 1.82) is 0 Å².